The summed E-state index contributed by atoms with van der Waals surface area (Å²) in [6.07, 6.45) is -1.53. The second kappa shape index (κ2) is 9.60. The van der Waals surface area contributed by atoms with Gasteiger partial charge in [0.15, 0.2) is 5.82 Å². The average Bonchev–Trinajstić information content (AvgIpc) is 2.83. The molecule has 0 spiro atoms. The highest BCUT2D eigenvalue weighted by Gasteiger charge is 2.39. The third kappa shape index (κ3) is 4.93. The summed E-state index contributed by atoms with van der Waals surface area (Å²) in [6, 6.07) is 12.2. The molecule has 4 rings (SSSR count). The fourth-order valence-electron chi connectivity index (χ4n) is 4.96. The van der Waals surface area contributed by atoms with E-state index in [1.165, 1.54) is 17.7 Å². The summed E-state index contributed by atoms with van der Waals surface area (Å²) >= 11 is 0. The first kappa shape index (κ1) is 23.4. The molecule has 0 bridgehead atoms. The third-order valence-corrected chi connectivity index (χ3v) is 6.96. The first-order chi connectivity index (χ1) is 15.8. The molecule has 0 atom stereocenters. The number of alkyl halides is 3. The van der Waals surface area contributed by atoms with Crippen LogP contribution in [-0.4, -0.2) is 37.9 Å². The number of hydrogen-bond acceptors (Lipinski definition) is 4. The number of aliphatic hydroxyl groups is 1. The summed E-state index contributed by atoms with van der Waals surface area (Å²) < 4.78 is 54.7. The van der Waals surface area contributed by atoms with E-state index in [1.807, 2.05) is 0 Å². The first-order valence-corrected chi connectivity index (χ1v) is 11.3. The molecule has 176 valence electrons. The highest BCUT2D eigenvalue weighted by atomic mass is 19.4. The normalized spacial score (nSPS) is 18.4. The number of aliphatic hydroxyl groups excluding tert-OH is 1. The summed E-state index contributed by atoms with van der Waals surface area (Å²) in [5.74, 6) is -0.716. The zero-order chi connectivity index (χ0) is 23.6. The Morgan fingerprint density at radius 3 is 2.06 bits per heavy atom. The van der Waals surface area contributed by atoms with Gasteiger partial charge in [0.2, 0.25) is 0 Å². The number of nitrogens with zero attached hydrogens (tertiary/aromatic N) is 3. The van der Waals surface area contributed by atoms with Gasteiger partial charge in [0, 0.05) is 38.5 Å². The standard InChI is InChI=1S/C25H27F4N3O/c26-24-22(6-3-20(15-30)23(24)25(27,28)29)32-13-9-19(10-14-32)18-1-4-21(5-2-18)31-11-7-17(16-33)8-12-31/h1-6,17,19,33H,7-14,16H2. The quantitative estimate of drug-likeness (QED) is 0.627. The largest absolute Gasteiger partial charge is 0.420 e. The topological polar surface area (TPSA) is 50.5 Å². The minimum Gasteiger partial charge on any atom is -0.396 e. The minimum atomic E-state index is -4.92. The van der Waals surface area contributed by atoms with Crippen molar-refractivity contribution in [2.24, 2.45) is 5.92 Å². The lowest BCUT2D eigenvalue weighted by atomic mass is 9.88. The van der Waals surface area contributed by atoms with Crippen molar-refractivity contribution in [2.75, 3.05) is 42.6 Å². The van der Waals surface area contributed by atoms with Gasteiger partial charge in [0.1, 0.15) is 5.56 Å². The molecule has 0 aromatic heterocycles. The molecule has 1 N–H and O–H groups in total. The smallest absolute Gasteiger partial charge is 0.396 e. The lowest BCUT2D eigenvalue weighted by Gasteiger charge is -2.35. The van der Waals surface area contributed by atoms with Gasteiger partial charge in [0.05, 0.1) is 17.3 Å². The van der Waals surface area contributed by atoms with Crippen LogP contribution in [0.3, 0.4) is 0 Å². The van der Waals surface area contributed by atoms with Crippen LogP contribution in [0.4, 0.5) is 28.9 Å². The second-order valence-electron chi connectivity index (χ2n) is 8.90. The fraction of sp³-hybridized carbons (Fsp3) is 0.480. The van der Waals surface area contributed by atoms with Gasteiger partial charge in [-0.15, -0.1) is 0 Å². The Morgan fingerprint density at radius 1 is 0.909 bits per heavy atom. The number of nitriles is 1. The number of hydrogen-bond donors (Lipinski definition) is 1. The molecule has 2 aromatic rings. The van der Waals surface area contributed by atoms with Crippen LogP contribution in [0, 0.1) is 23.1 Å². The molecule has 2 fully saturated rings. The number of piperidine rings is 2. The van der Waals surface area contributed by atoms with Crippen molar-refractivity contribution in [3.05, 3.63) is 58.9 Å². The van der Waals surface area contributed by atoms with E-state index < -0.39 is 23.1 Å². The van der Waals surface area contributed by atoms with Crippen molar-refractivity contribution in [3.63, 3.8) is 0 Å². The predicted molar refractivity (Wildman–Crippen MR) is 119 cm³/mol. The zero-order valence-corrected chi connectivity index (χ0v) is 18.3. The van der Waals surface area contributed by atoms with Gasteiger partial charge in [-0.25, -0.2) is 4.39 Å². The lowest BCUT2D eigenvalue weighted by molar-refractivity contribution is -0.140. The van der Waals surface area contributed by atoms with Crippen LogP contribution in [0.2, 0.25) is 0 Å². The van der Waals surface area contributed by atoms with Gasteiger partial charge >= 0.3 is 6.18 Å². The molecule has 0 saturated carbocycles. The number of rotatable bonds is 4. The van der Waals surface area contributed by atoms with E-state index in [4.69, 9.17) is 5.26 Å². The summed E-state index contributed by atoms with van der Waals surface area (Å²) in [4.78, 5) is 3.96. The maximum absolute atomic E-state index is 14.8. The molecule has 4 nitrogen and oxygen atoms in total. The summed E-state index contributed by atoms with van der Waals surface area (Å²) in [7, 11) is 0. The van der Waals surface area contributed by atoms with E-state index in [0.717, 1.165) is 37.7 Å². The molecule has 2 aromatic carbocycles. The number of anilines is 2. The maximum Gasteiger partial charge on any atom is 0.420 e. The van der Waals surface area contributed by atoms with Gasteiger partial charge < -0.3 is 14.9 Å². The van der Waals surface area contributed by atoms with Gasteiger partial charge in [0.25, 0.3) is 0 Å². The van der Waals surface area contributed by atoms with Crippen molar-refractivity contribution in [1.29, 1.82) is 5.26 Å². The van der Waals surface area contributed by atoms with E-state index >= 15 is 0 Å². The molecule has 0 amide bonds. The Bertz CT molecular complexity index is 1000. The van der Waals surface area contributed by atoms with Gasteiger partial charge in [-0.1, -0.05) is 12.1 Å². The van der Waals surface area contributed by atoms with E-state index in [2.05, 4.69) is 29.2 Å². The SMILES string of the molecule is N#Cc1ccc(N2CCC(c3ccc(N4CCC(CO)CC4)cc3)CC2)c(F)c1C(F)(F)F. The Kier molecular flexibility index (Phi) is 6.80. The number of halogens is 4. The first-order valence-electron chi connectivity index (χ1n) is 11.3. The second-order valence-corrected chi connectivity index (χ2v) is 8.90. The van der Waals surface area contributed by atoms with Crippen LogP contribution in [0.15, 0.2) is 36.4 Å². The third-order valence-electron chi connectivity index (χ3n) is 6.96. The Labute approximate surface area is 191 Å². The van der Waals surface area contributed by atoms with Crippen LogP contribution in [0.5, 0.6) is 0 Å². The van der Waals surface area contributed by atoms with Crippen LogP contribution >= 0.6 is 0 Å². The molecule has 2 aliphatic rings. The van der Waals surface area contributed by atoms with Crippen LogP contribution < -0.4 is 9.80 Å². The minimum absolute atomic E-state index is 0.0959. The lowest BCUT2D eigenvalue weighted by Crippen LogP contribution is -2.35. The molecule has 2 heterocycles. The summed E-state index contributed by atoms with van der Waals surface area (Å²) in [6.45, 7) is 3.00. The molecule has 2 aliphatic heterocycles. The van der Waals surface area contributed by atoms with Crippen LogP contribution in [0.1, 0.15) is 48.3 Å². The van der Waals surface area contributed by atoms with Crippen molar-refractivity contribution in [1.82, 2.24) is 0 Å². The maximum atomic E-state index is 14.8. The fourth-order valence-corrected chi connectivity index (χ4v) is 4.96. The molecular weight excluding hydrogens is 434 g/mol. The summed E-state index contributed by atoms with van der Waals surface area (Å²) in [5, 5.41) is 18.3. The van der Waals surface area contributed by atoms with E-state index in [9.17, 15) is 22.7 Å². The van der Waals surface area contributed by atoms with Crippen LogP contribution in [-0.2, 0) is 6.18 Å². The average molecular weight is 462 g/mol. The van der Waals surface area contributed by atoms with E-state index in [0.29, 0.717) is 31.8 Å². The van der Waals surface area contributed by atoms with Crippen molar-refractivity contribution in [3.8, 4) is 6.07 Å². The van der Waals surface area contributed by atoms with Crippen molar-refractivity contribution < 1.29 is 22.7 Å². The Morgan fingerprint density at radius 2 is 1.52 bits per heavy atom. The Balaban J connectivity index is 1.41. The van der Waals surface area contributed by atoms with Crippen molar-refractivity contribution in [2.45, 2.75) is 37.8 Å². The highest BCUT2D eigenvalue weighted by Crippen LogP contribution is 2.39. The monoisotopic (exact) mass is 461 g/mol. The molecule has 0 aliphatic carbocycles. The highest BCUT2D eigenvalue weighted by molar-refractivity contribution is 5.57. The molecule has 8 heteroatoms. The van der Waals surface area contributed by atoms with Crippen molar-refractivity contribution >= 4 is 11.4 Å². The van der Waals surface area contributed by atoms with Crippen LogP contribution in [0.25, 0.3) is 0 Å². The van der Waals surface area contributed by atoms with E-state index in [1.54, 1.807) is 4.90 Å². The molecule has 33 heavy (non-hydrogen) atoms. The van der Waals surface area contributed by atoms with E-state index in [-0.39, 0.29) is 18.2 Å². The van der Waals surface area contributed by atoms with Gasteiger partial charge in [-0.3, -0.25) is 0 Å². The number of benzene rings is 2. The molecule has 2 saturated heterocycles. The molecule has 0 radical (unpaired) electrons. The molecule has 0 unspecified atom stereocenters. The zero-order valence-electron chi connectivity index (χ0n) is 18.3. The predicted octanol–water partition coefficient (Wildman–Crippen LogP) is 5.31. The summed E-state index contributed by atoms with van der Waals surface area (Å²) in [5.41, 5.74) is 0.0655. The molecular formula is C25H27F4N3O. The Hall–Kier alpha value is -2.79. The van der Waals surface area contributed by atoms with Gasteiger partial charge in [-0.05, 0) is 67.3 Å². The van der Waals surface area contributed by atoms with Gasteiger partial charge in [-0.2, -0.15) is 18.4 Å².